The van der Waals surface area contributed by atoms with E-state index in [-0.39, 0.29) is 6.03 Å². The van der Waals surface area contributed by atoms with E-state index >= 15 is 0 Å². The number of methoxy groups -OCH3 is 1. The monoisotopic (exact) mass is 442 g/mol. The minimum atomic E-state index is -0.215. The number of hydrogen-bond acceptors (Lipinski definition) is 4. The molecule has 0 atom stereocenters. The molecule has 3 rings (SSSR count). The number of nitrogens with one attached hydrogen (secondary N) is 2. The number of anilines is 2. The summed E-state index contributed by atoms with van der Waals surface area (Å²) in [6.45, 7) is 7.72. The van der Waals surface area contributed by atoms with Crippen LogP contribution in [0.15, 0.2) is 48.5 Å². The Morgan fingerprint density at radius 3 is 2.58 bits per heavy atom. The number of aryl methyl sites for hydroxylation is 1. The molecule has 0 radical (unpaired) electrons. The third kappa shape index (κ3) is 7.28. The third-order valence-electron chi connectivity index (χ3n) is 5.25. The fourth-order valence-electron chi connectivity index (χ4n) is 3.53. The molecule has 7 heteroatoms. The van der Waals surface area contributed by atoms with Crippen molar-refractivity contribution < 1.29 is 9.53 Å². The molecule has 1 aliphatic rings. The van der Waals surface area contributed by atoms with E-state index in [9.17, 15) is 4.79 Å². The largest absolute Gasteiger partial charge is 0.383 e. The summed E-state index contributed by atoms with van der Waals surface area (Å²) >= 11 is 5.94. The highest BCUT2D eigenvalue weighted by molar-refractivity contribution is 6.30. The zero-order valence-electron chi connectivity index (χ0n) is 18.2. The number of hydrogen-bond donors (Lipinski definition) is 2. The molecule has 0 spiro atoms. The number of ether oxygens (including phenoxy) is 1. The zero-order valence-corrected chi connectivity index (χ0v) is 19.0. The molecule has 1 saturated heterocycles. The van der Waals surface area contributed by atoms with Gasteiger partial charge in [0.15, 0.2) is 0 Å². The number of halogens is 1. The highest BCUT2D eigenvalue weighted by Gasteiger charge is 2.19. The van der Waals surface area contributed by atoms with Gasteiger partial charge in [0.2, 0.25) is 0 Å². The van der Waals surface area contributed by atoms with Crippen LogP contribution in [-0.2, 0) is 4.74 Å². The van der Waals surface area contributed by atoms with Crippen LogP contribution in [0, 0.1) is 6.92 Å². The molecule has 0 unspecified atom stereocenters. The van der Waals surface area contributed by atoms with Gasteiger partial charge in [-0.2, -0.15) is 0 Å². The molecule has 2 aromatic rings. The summed E-state index contributed by atoms with van der Waals surface area (Å²) in [5, 5.41) is 6.54. The van der Waals surface area contributed by atoms with Gasteiger partial charge >= 0.3 is 6.03 Å². The Morgan fingerprint density at radius 1 is 1.13 bits per heavy atom. The highest BCUT2D eigenvalue weighted by Crippen LogP contribution is 2.28. The Labute approximate surface area is 189 Å². The van der Waals surface area contributed by atoms with E-state index in [2.05, 4.69) is 45.6 Å². The van der Waals surface area contributed by atoms with Gasteiger partial charge in [-0.25, -0.2) is 4.79 Å². The van der Waals surface area contributed by atoms with E-state index in [1.807, 2.05) is 36.4 Å². The second-order valence-corrected chi connectivity index (χ2v) is 8.07. The normalized spacial score (nSPS) is 14.7. The van der Waals surface area contributed by atoms with Crippen LogP contribution in [-0.4, -0.2) is 63.9 Å². The van der Waals surface area contributed by atoms with Crippen LogP contribution in [0.4, 0.5) is 16.2 Å². The minimum absolute atomic E-state index is 0.215. The lowest BCUT2D eigenvalue weighted by Gasteiger charge is -2.36. The Morgan fingerprint density at radius 2 is 1.87 bits per heavy atom. The summed E-state index contributed by atoms with van der Waals surface area (Å²) < 4.78 is 4.98. The van der Waals surface area contributed by atoms with E-state index in [1.165, 1.54) is 5.56 Å². The van der Waals surface area contributed by atoms with Crippen LogP contribution in [0.1, 0.15) is 11.1 Å². The molecule has 0 saturated carbocycles. The van der Waals surface area contributed by atoms with Crippen molar-refractivity contribution in [3.63, 3.8) is 0 Å². The maximum atomic E-state index is 12.2. The standard InChI is InChI=1S/C24H31ClN4O2/c1-19-5-10-22(27-24(30)26-11-17-31-2)23(18-19)29-15-13-28(14-16-29)12-3-4-20-6-8-21(25)9-7-20/h3-10,18H,11-17H2,1-2H3,(H2,26,27,30)/b4-3+. The number of nitrogens with zero attached hydrogens (tertiary/aromatic N) is 2. The average Bonchev–Trinajstić information content (AvgIpc) is 2.77. The van der Waals surface area contributed by atoms with Crippen LogP contribution in [0.5, 0.6) is 0 Å². The van der Waals surface area contributed by atoms with Gasteiger partial charge in [0.25, 0.3) is 0 Å². The smallest absolute Gasteiger partial charge is 0.319 e. The topological polar surface area (TPSA) is 56.8 Å². The number of benzene rings is 2. The number of rotatable bonds is 8. The van der Waals surface area contributed by atoms with E-state index in [0.717, 1.165) is 54.7 Å². The lowest BCUT2D eigenvalue weighted by molar-refractivity contribution is 0.198. The summed E-state index contributed by atoms with van der Waals surface area (Å²) in [7, 11) is 1.62. The Kier molecular flexibility index (Phi) is 8.76. The van der Waals surface area contributed by atoms with Crippen molar-refractivity contribution in [1.29, 1.82) is 0 Å². The quantitative estimate of drug-likeness (QED) is 0.600. The van der Waals surface area contributed by atoms with Crippen LogP contribution in [0.2, 0.25) is 5.02 Å². The van der Waals surface area contributed by atoms with E-state index < -0.39 is 0 Å². The zero-order chi connectivity index (χ0) is 22.1. The van der Waals surface area contributed by atoms with Crippen molar-refractivity contribution in [2.45, 2.75) is 6.92 Å². The molecule has 0 bridgehead atoms. The summed E-state index contributed by atoms with van der Waals surface area (Å²) in [5.41, 5.74) is 4.23. The fraction of sp³-hybridized carbons (Fsp3) is 0.375. The van der Waals surface area contributed by atoms with Gasteiger partial charge in [-0.15, -0.1) is 0 Å². The molecule has 1 heterocycles. The van der Waals surface area contributed by atoms with E-state index in [1.54, 1.807) is 7.11 Å². The number of piperazine rings is 1. The van der Waals surface area contributed by atoms with Crippen LogP contribution >= 0.6 is 11.6 Å². The average molecular weight is 443 g/mol. The molecule has 31 heavy (non-hydrogen) atoms. The Bertz CT molecular complexity index is 878. The maximum absolute atomic E-state index is 12.2. The first-order valence-corrected chi connectivity index (χ1v) is 11.0. The van der Waals surface area contributed by atoms with Gasteiger partial charge in [-0.05, 0) is 42.3 Å². The third-order valence-corrected chi connectivity index (χ3v) is 5.50. The molecule has 0 aromatic heterocycles. The molecular weight excluding hydrogens is 412 g/mol. The van der Waals surface area contributed by atoms with Crippen molar-refractivity contribution in [3.05, 3.63) is 64.7 Å². The first-order valence-electron chi connectivity index (χ1n) is 10.6. The molecular formula is C24H31ClN4O2. The number of amides is 2. The van der Waals surface area contributed by atoms with E-state index in [4.69, 9.17) is 16.3 Å². The van der Waals surface area contributed by atoms with Crippen molar-refractivity contribution in [2.75, 3.05) is 63.2 Å². The molecule has 166 valence electrons. The lowest BCUT2D eigenvalue weighted by atomic mass is 10.1. The second kappa shape index (κ2) is 11.7. The van der Waals surface area contributed by atoms with Crippen molar-refractivity contribution >= 4 is 35.1 Å². The van der Waals surface area contributed by atoms with Gasteiger partial charge in [0.1, 0.15) is 0 Å². The van der Waals surface area contributed by atoms with Crippen molar-refractivity contribution in [3.8, 4) is 0 Å². The van der Waals surface area contributed by atoms with Crippen molar-refractivity contribution in [1.82, 2.24) is 10.2 Å². The Balaban J connectivity index is 1.54. The van der Waals surface area contributed by atoms with Crippen LogP contribution < -0.4 is 15.5 Å². The van der Waals surface area contributed by atoms with E-state index in [0.29, 0.717) is 13.2 Å². The summed E-state index contributed by atoms with van der Waals surface area (Å²) in [6.07, 6.45) is 4.33. The van der Waals surface area contributed by atoms with Gasteiger partial charge in [-0.3, -0.25) is 4.90 Å². The molecule has 6 nitrogen and oxygen atoms in total. The highest BCUT2D eigenvalue weighted by atomic mass is 35.5. The van der Waals surface area contributed by atoms with Crippen LogP contribution in [0.3, 0.4) is 0 Å². The number of urea groups is 1. The van der Waals surface area contributed by atoms with Crippen LogP contribution in [0.25, 0.3) is 6.08 Å². The molecule has 1 aliphatic heterocycles. The lowest BCUT2D eigenvalue weighted by Crippen LogP contribution is -2.46. The maximum Gasteiger partial charge on any atom is 0.319 e. The number of carbonyl (C=O) groups is 1. The SMILES string of the molecule is COCCNC(=O)Nc1ccc(C)cc1N1CCN(C/C=C/c2ccc(Cl)cc2)CC1. The molecule has 2 N–H and O–H groups in total. The van der Waals surface area contributed by atoms with Gasteiger partial charge < -0.3 is 20.3 Å². The summed E-state index contributed by atoms with van der Waals surface area (Å²) in [4.78, 5) is 17.0. The van der Waals surface area contributed by atoms with Gasteiger partial charge in [0.05, 0.1) is 18.0 Å². The molecule has 0 aliphatic carbocycles. The number of carbonyl (C=O) groups excluding carboxylic acids is 1. The van der Waals surface area contributed by atoms with Crippen molar-refractivity contribution in [2.24, 2.45) is 0 Å². The fourth-order valence-corrected chi connectivity index (χ4v) is 3.65. The molecule has 1 fully saturated rings. The minimum Gasteiger partial charge on any atom is -0.383 e. The predicted molar refractivity (Wildman–Crippen MR) is 129 cm³/mol. The molecule has 2 aromatic carbocycles. The Hall–Kier alpha value is -2.54. The van der Waals surface area contributed by atoms with Gasteiger partial charge in [-0.1, -0.05) is 42.0 Å². The first kappa shape index (κ1) is 23.1. The second-order valence-electron chi connectivity index (χ2n) is 7.64. The summed E-state index contributed by atoms with van der Waals surface area (Å²) in [5.74, 6) is 0. The summed E-state index contributed by atoms with van der Waals surface area (Å²) in [6, 6.07) is 13.8. The molecule has 2 amide bonds. The first-order chi connectivity index (χ1) is 15.0. The van der Waals surface area contributed by atoms with Gasteiger partial charge in [0, 0.05) is 51.4 Å². The predicted octanol–water partition coefficient (Wildman–Crippen LogP) is 4.25.